The van der Waals surface area contributed by atoms with Crippen molar-refractivity contribution in [2.75, 3.05) is 0 Å². The zero-order chi connectivity index (χ0) is 13.0. The predicted molar refractivity (Wildman–Crippen MR) is 75.7 cm³/mol. The van der Waals surface area contributed by atoms with Gasteiger partial charge in [0, 0.05) is 27.9 Å². The van der Waals surface area contributed by atoms with Gasteiger partial charge in [0.25, 0.3) is 0 Å². The summed E-state index contributed by atoms with van der Waals surface area (Å²) in [6.45, 7) is 2.87. The first kappa shape index (κ1) is 13.1. The van der Waals surface area contributed by atoms with Crippen LogP contribution >= 0.6 is 22.9 Å². The number of benzene rings is 1. The van der Waals surface area contributed by atoms with Crippen LogP contribution in [0.25, 0.3) is 0 Å². The maximum atomic E-state index is 8.76. The number of hydrogen-bond acceptors (Lipinski definition) is 3. The number of halogens is 1. The quantitative estimate of drug-likeness (QED) is 0.912. The van der Waals surface area contributed by atoms with Gasteiger partial charge in [0.15, 0.2) is 0 Å². The lowest BCUT2D eigenvalue weighted by atomic mass is 10.1. The SMILES string of the molecule is C[C@H](NCc1cc(C#N)cs1)c1cccc(Cl)c1. The highest BCUT2D eigenvalue weighted by Crippen LogP contribution is 2.19. The molecule has 1 aromatic carbocycles. The Morgan fingerprint density at radius 2 is 2.28 bits per heavy atom. The number of thiophene rings is 1. The molecule has 0 aliphatic carbocycles. The minimum absolute atomic E-state index is 0.233. The Bertz CT molecular complexity index is 571. The largest absolute Gasteiger partial charge is 0.305 e. The summed E-state index contributed by atoms with van der Waals surface area (Å²) in [4.78, 5) is 1.17. The van der Waals surface area contributed by atoms with Gasteiger partial charge in [0.1, 0.15) is 6.07 Å². The van der Waals surface area contributed by atoms with E-state index >= 15 is 0 Å². The number of rotatable bonds is 4. The molecule has 0 saturated carbocycles. The highest BCUT2D eigenvalue weighted by atomic mass is 35.5. The third-order valence-corrected chi connectivity index (χ3v) is 3.89. The van der Waals surface area contributed by atoms with E-state index in [0.717, 1.165) is 17.1 Å². The van der Waals surface area contributed by atoms with Crippen molar-refractivity contribution in [3.8, 4) is 6.07 Å². The van der Waals surface area contributed by atoms with Crippen molar-refractivity contribution >= 4 is 22.9 Å². The van der Waals surface area contributed by atoms with Gasteiger partial charge in [-0.15, -0.1) is 11.3 Å². The van der Waals surface area contributed by atoms with E-state index in [0.29, 0.717) is 0 Å². The summed E-state index contributed by atoms with van der Waals surface area (Å²) in [5.74, 6) is 0. The lowest BCUT2D eigenvalue weighted by Crippen LogP contribution is -2.17. The molecule has 2 rings (SSSR count). The van der Waals surface area contributed by atoms with Gasteiger partial charge in [0.05, 0.1) is 5.56 Å². The third kappa shape index (κ3) is 3.33. The molecule has 0 bridgehead atoms. The van der Waals surface area contributed by atoms with Crippen LogP contribution in [0.4, 0.5) is 0 Å². The molecule has 2 nitrogen and oxygen atoms in total. The first-order valence-electron chi connectivity index (χ1n) is 5.65. The van der Waals surface area contributed by atoms with Crippen molar-refractivity contribution in [3.05, 3.63) is 56.7 Å². The van der Waals surface area contributed by atoms with E-state index < -0.39 is 0 Å². The molecule has 1 atom stereocenters. The standard InChI is InChI=1S/C14H13ClN2S/c1-10(12-3-2-4-13(15)6-12)17-8-14-5-11(7-16)9-18-14/h2-6,9-10,17H,8H2,1H3/t10-/m0/s1. The van der Waals surface area contributed by atoms with Crippen LogP contribution in [0.2, 0.25) is 5.02 Å². The number of nitrogens with zero attached hydrogens (tertiary/aromatic N) is 1. The van der Waals surface area contributed by atoms with Gasteiger partial charge in [-0.25, -0.2) is 0 Å². The number of hydrogen-bond donors (Lipinski definition) is 1. The van der Waals surface area contributed by atoms with Crippen molar-refractivity contribution in [1.82, 2.24) is 5.32 Å². The van der Waals surface area contributed by atoms with Crippen molar-refractivity contribution in [2.24, 2.45) is 0 Å². The first-order valence-corrected chi connectivity index (χ1v) is 6.91. The molecule has 1 N–H and O–H groups in total. The number of nitriles is 1. The van der Waals surface area contributed by atoms with Gasteiger partial charge in [-0.05, 0) is 30.7 Å². The van der Waals surface area contributed by atoms with Crippen LogP contribution in [0.5, 0.6) is 0 Å². The predicted octanol–water partition coefficient (Wildman–Crippen LogP) is 4.12. The molecule has 4 heteroatoms. The summed E-state index contributed by atoms with van der Waals surface area (Å²) in [5, 5.41) is 14.8. The summed E-state index contributed by atoms with van der Waals surface area (Å²) in [6.07, 6.45) is 0. The van der Waals surface area contributed by atoms with Crippen LogP contribution in [0, 0.1) is 11.3 Å². The van der Waals surface area contributed by atoms with Crippen molar-refractivity contribution in [3.63, 3.8) is 0 Å². The minimum Gasteiger partial charge on any atom is -0.305 e. The van der Waals surface area contributed by atoms with Crippen molar-refractivity contribution < 1.29 is 0 Å². The lowest BCUT2D eigenvalue weighted by molar-refractivity contribution is 0.579. The molecule has 0 fully saturated rings. The molecule has 0 unspecified atom stereocenters. The van der Waals surface area contributed by atoms with Crippen LogP contribution in [-0.2, 0) is 6.54 Å². The van der Waals surface area contributed by atoms with E-state index in [1.54, 1.807) is 11.3 Å². The fourth-order valence-electron chi connectivity index (χ4n) is 1.68. The molecule has 0 radical (unpaired) electrons. The molecule has 1 heterocycles. The van der Waals surface area contributed by atoms with E-state index in [9.17, 15) is 0 Å². The van der Waals surface area contributed by atoms with Gasteiger partial charge >= 0.3 is 0 Å². The molecule has 0 saturated heterocycles. The Morgan fingerprint density at radius 1 is 1.44 bits per heavy atom. The van der Waals surface area contributed by atoms with Gasteiger partial charge in [0.2, 0.25) is 0 Å². The van der Waals surface area contributed by atoms with Crippen LogP contribution in [0.1, 0.15) is 29.0 Å². The Balaban J connectivity index is 1.96. The molecule has 0 amide bonds. The second-order valence-electron chi connectivity index (χ2n) is 4.07. The molecule has 1 aromatic heterocycles. The molecular formula is C14H13ClN2S. The Morgan fingerprint density at radius 3 is 2.94 bits per heavy atom. The lowest BCUT2D eigenvalue weighted by Gasteiger charge is -2.13. The second kappa shape index (κ2) is 6.01. The van der Waals surface area contributed by atoms with Gasteiger partial charge < -0.3 is 5.32 Å². The van der Waals surface area contributed by atoms with Crippen molar-refractivity contribution in [1.29, 1.82) is 5.26 Å². The van der Waals surface area contributed by atoms with Crippen LogP contribution in [0.3, 0.4) is 0 Å². The molecule has 0 aliphatic heterocycles. The van der Waals surface area contributed by atoms with E-state index in [1.165, 1.54) is 10.4 Å². The van der Waals surface area contributed by atoms with Crippen LogP contribution in [-0.4, -0.2) is 0 Å². The van der Waals surface area contributed by atoms with Gasteiger partial charge in [-0.1, -0.05) is 23.7 Å². The van der Waals surface area contributed by atoms with Gasteiger partial charge in [-0.2, -0.15) is 5.26 Å². The Kier molecular flexibility index (Phi) is 4.38. The van der Waals surface area contributed by atoms with E-state index in [4.69, 9.17) is 16.9 Å². The fourth-order valence-corrected chi connectivity index (χ4v) is 2.64. The molecule has 18 heavy (non-hydrogen) atoms. The average Bonchev–Trinajstić information content (AvgIpc) is 2.84. The van der Waals surface area contributed by atoms with Gasteiger partial charge in [-0.3, -0.25) is 0 Å². The zero-order valence-electron chi connectivity index (χ0n) is 9.98. The molecule has 2 aromatic rings. The molecular weight excluding hydrogens is 264 g/mol. The summed E-state index contributed by atoms with van der Waals surface area (Å²) < 4.78 is 0. The maximum Gasteiger partial charge on any atom is 0.100 e. The zero-order valence-corrected chi connectivity index (χ0v) is 11.6. The highest BCUT2D eigenvalue weighted by molar-refractivity contribution is 7.10. The Hall–Kier alpha value is -1.34. The minimum atomic E-state index is 0.233. The molecule has 0 spiro atoms. The topological polar surface area (TPSA) is 35.8 Å². The Labute approximate surface area is 116 Å². The van der Waals surface area contributed by atoms with E-state index in [2.05, 4.69) is 24.4 Å². The van der Waals surface area contributed by atoms with E-state index in [-0.39, 0.29) is 6.04 Å². The average molecular weight is 277 g/mol. The fraction of sp³-hybridized carbons (Fsp3) is 0.214. The smallest absolute Gasteiger partial charge is 0.100 e. The maximum absolute atomic E-state index is 8.76. The molecule has 92 valence electrons. The van der Waals surface area contributed by atoms with E-state index in [1.807, 2.05) is 29.6 Å². The second-order valence-corrected chi connectivity index (χ2v) is 5.50. The first-order chi connectivity index (χ1) is 8.69. The third-order valence-electron chi connectivity index (χ3n) is 2.71. The molecule has 0 aliphatic rings. The number of nitrogens with one attached hydrogen (secondary N) is 1. The summed E-state index contributed by atoms with van der Waals surface area (Å²) in [6, 6.07) is 12.1. The monoisotopic (exact) mass is 276 g/mol. The van der Waals surface area contributed by atoms with Crippen LogP contribution in [0.15, 0.2) is 35.7 Å². The summed E-state index contributed by atoms with van der Waals surface area (Å²) in [7, 11) is 0. The van der Waals surface area contributed by atoms with Crippen molar-refractivity contribution in [2.45, 2.75) is 19.5 Å². The summed E-state index contributed by atoms with van der Waals surface area (Å²) in [5.41, 5.74) is 1.90. The van der Waals surface area contributed by atoms with Crippen LogP contribution < -0.4 is 5.32 Å². The summed E-state index contributed by atoms with van der Waals surface area (Å²) >= 11 is 7.57. The highest BCUT2D eigenvalue weighted by Gasteiger charge is 2.06. The normalized spacial score (nSPS) is 12.1.